The van der Waals surface area contributed by atoms with Crippen LogP contribution in [0.3, 0.4) is 0 Å². The summed E-state index contributed by atoms with van der Waals surface area (Å²) < 4.78 is 12.7. The van der Waals surface area contributed by atoms with Crippen molar-refractivity contribution in [3.63, 3.8) is 0 Å². The van der Waals surface area contributed by atoms with Crippen molar-refractivity contribution in [1.82, 2.24) is 4.57 Å². The first kappa shape index (κ1) is 19.2. The second-order valence-electron chi connectivity index (χ2n) is 6.32. The van der Waals surface area contributed by atoms with Crippen molar-refractivity contribution in [2.45, 2.75) is 20.0 Å². The molecule has 1 aromatic heterocycles. The monoisotopic (exact) mass is 374 g/mol. The van der Waals surface area contributed by atoms with Crippen molar-refractivity contribution in [3.8, 4) is 6.07 Å². The average molecular weight is 374 g/mol. The number of aromatic nitrogens is 1. The van der Waals surface area contributed by atoms with E-state index in [2.05, 4.69) is 6.07 Å². The van der Waals surface area contributed by atoms with Crippen molar-refractivity contribution >= 4 is 11.5 Å². The average Bonchev–Trinajstić information content (AvgIpc) is 2.88. The van der Waals surface area contributed by atoms with E-state index in [4.69, 9.17) is 9.47 Å². The Morgan fingerprint density at radius 1 is 1.21 bits per heavy atom. The Morgan fingerprint density at radius 2 is 2.00 bits per heavy atom. The van der Waals surface area contributed by atoms with Crippen LogP contribution in [0.4, 0.5) is 0 Å². The summed E-state index contributed by atoms with van der Waals surface area (Å²) in [5.74, 6) is 0.316. The third kappa shape index (κ3) is 4.24. The minimum atomic E-state index is -0.437. The van der Waals surface area contributed by atoms with Gasteiger partial charge in [0.25, 0.3) is 0 Å². The Morgan fingerprint density at radius 3 is 2.71 bits per heavy atom. The fourth-order valence-electron chi connectivity index (χ4n) is 3.09. The minimum Gasteiger partial charge on any atom is -0.489 e. The number of carbonyl (C=O) groups is 1. The number of carbonyl (C=O) groups excluding carboxylic acids is 1. The van der Waals surface area contributed by atoms with Gasteiger partial charge in [-0.3, -0.25) is 0 Å². The van der Waals surface area contributed by atoms with Crippen molar-refractivity contribution in [1.29, 1.82) is 5.26 Å². The van der Waals surface area contributed by atoms with Gasteiger partial charge in [0.15, 0.2) is 0 Å². The molecule has 142 valence electrons. The largest absolute Gasteiger partial charge is 0.489 e. The molecule has 0 atom stereocenters. The SMILES string of the molecule is CCOC(=O)c1c(C2=CCC=C(OCc3ccccc3)C=C2)c(C#N)cn1C. The van der Waals surface area contributed by atoms with Gasteiger partial charge in [-0.25, -0.2) is 4.79 Å². The van der Waals surface area contributed by atoms with Gasteiger partial charge in [-0.15, -0.1) is 0 Å². The number of rotatable bonds is 6. The summed E-state index contributed by atoms with van der Waals surface area (Å²) in [7, 11) is 1.74. The Labute approximate surface area is 164 Å². The second-order valence-corrected chi connectivity index (χ2v) is 6.32. The number of nitriles is 1. The first-order valence-electron chi connectivity index (χ1n) is 9.16. The number of allylic oxidation sites excluding steroid dienone is 5. The van der Waals surface area contributed by atoms with E-state index < -0.39 is 5.97 Å². The van der Waals surface area contributed by atoms with Gasteiger partial charge in [-0.2, -0.15) is 5.26 Å². The van der Waals surface area contributed by atoms with Gasteiger partial charge < -0.3 is 14.0 Å². The van der Waals surface area contributed by atoms with E-state index in [0.717, 1.165) is 16.9 Å². The third-order valence-corrected chi connectivity index (χ3v) is 4.39. The summed E-state index contributed by atoms with van der Waals surface area (Å²) in [6, 6.07) is 12.1. The molecule has 1 aromatic carbocycles. The van der Waals surface area contributed by atoms with Crippen LogP contribution in [0.2, 0.25) is 0 Å². The predicted molar refractivity (Wildman–Crippen MR) is 107 cm³/mol. The molecule has 1 aliphatic carbocycles. The molecule has 0 amide bonds. The van der Waals surface area contributed by atoms with E-state index in [1.54, 1.807) is 24.7 Å². The summed E-state index contributed by atoms with van der Waals surface area (Å²) in [5, 5.41) is 9.53. The molecule has 0 unspecified atom stereocenters. The topological polar surface area (TPSA) is 64.2 Å². The number of benzene rings is 1. The second kappa shape index (κ2) is 8.92. The molecule has 1 aliphatic rings. The highest BCUT2D eigenvalue weighted by Crippen LogP contribution is 2.29. The van der Waals surface area contributed by atoms with Crippen molar-refractivity contribution in [2.24, 2.45) is 7.05 Å². The molecule has 0 bridgehead atoms. The summed E-state index contributed by atoms with van der Waals surface area (Å²) in [6.45, 7) is 2.52. The molecule has 28 heavy (non-hydrogen) atoms. The normalized spacial score (nSPS) is 13.2. The molecule has 0 N–H and O–H groups in total. The fourth-order valence-corrected chi connectivity index (χ4v) is 3.09. The van der Waals surface area contributed by atoms with Crippen LogP contribution in [0.15, 0.2) is 66.6 Å². The first-order valence-corrected chi connectivity index (χ1v) is 9.16. The summed E-state index contributed by atoms with van der Waals surface area (Å²) in [6.07, 6.45) is 9.99. The smallest absolute Gasteiger partial charge is 0.355 e. The Balaban J connectivity index is 1.83. The van der Waals surface area contributed by atoms with Gasteiger partial charge in [0.2, 0.25) is 0 Å². The summed E-state index contributed by atoms with van der Waals surface area (Å²) in [5.41, 5.74) is 3.30. The highest BCUT2D eigenvalue weighted by Gasteiger charge is 2.23. The molecule has 3 rings (SSSR count). The third-order valence-electron chi connectivity index (χ3n) is 4.39. The molecule has 2 aromatic rings. The van der Waals surface area contributed by atoms with E-state index >= 15 is 0 Å². The number of nitrogens with zero attached hydrogens (tertiary/aromatic N) is 2. The van der Waals surface area contributed by atoms with Crippen molar-refractivity contribution in [2.75, 3.05) is 6.61 Å². The van der Waals surface area contributed by atoms with Gasteiger partial charge in [0.1, 0.15) is 24.1 Å². The number of aryl methyl sites for hydroxylation is 1. The maximum atomic E-state index is 12.4. The van der Waals surface area contributed by atoms with Crippen LogP contribution in [-0.2, 0) is 23.1 Å². The Bertz CT molecular complexity index is 989. The van der Waals surface area contributed by atoms with E-state index in [1.807, 2.05) is 54.6 Å². The maximum Gasteiger partial charge on any atom is 0.355 e. The van der Waals surface area contributed by atoms with Gasteiger partial charge in [0, 0.05) is 18.8 Å². The minimum absolute atomic E-state index is 0.277. The molecule has 5 heteroatoms. The van der Waals surface area contributed by atoms with Crippen LogP contribution >= 0.6 is 0 Å². The van der Waals surface area contributed by atoms with Gasteiger partial charge >= 0.3 is 5.97 Å². The number of esters is 1. The molecule has 1 heterocycles. The van der Waals surface area contributed by atoms with Crippen molar-refractivity contribution in [3.05, 3.63) is 89.0 Å². The van der Waals surface area contributed by atoms with Crippen molar-refractivity contribution < 1.29 is 14.3 Å². The lowest BCUT2D eigenvalue weighted by molar-refractivity contribution is 0.0515. The molecule has 0 aliphatic heterocycles. The lowest BCUT2D eigenvalue weighted by Gasteiger charge is -2.08. The highest BCUT2D eigenvalue weighted by atomic mass is 16.5. The number of ether oxygens (including phenoxy) is 2. The standard InChI is InChI=1S/C23H22N2O3/c1-3-27-23(26)22-21(19(14-24)15-25(22)2)18-10-7-11-20(13-12-18)28-16-17-8-5-4-6-9-17/h4-6,8-13,15H,3,7,16H2,1-2H3. The van der Waals surface area contributed by atoms with E-state index in [9.17, 15) is 10.1 Å². The maximum absolute atomic E-state index is 12.4. The highest BCUT2D eigenvalue weighted by molar-refractivity contribution is 5.97. The van der Waals surface area contributed by atoms with Crippen LogP contribution in [-0.4, -0.2) is 17.1 Å². The molecule has 0 saturated heterocycles. The molecule has 0 radical (unpaired) electrons. The molecular formula is C23H22N2O3. The zero-order chi connectivity index (χ0) is 19.9. The number of hydrogen-bond acceptors (Lipinski definition) is 4. The first-order chi connectivity index (χ1) is 13.6. The molecule has 0 saturated carbocycles. The van der Waals surface area contributed by atoms with E-state index in [-0.39, 0.29) is 6.61 Å². The van der Waals surface area contributed by atoms with Crippen LogP contribution in [0.1, 0.15) is 40.5 Å². The van der Waals surface area contributed by atoms with E-state index in [1.165, 1.54) is 0 Å². The number of hydrogen-bond donors (Lipinski definition) is 0. The van der Waals surface area contributed by atoms with E-state index in [0.29, 0.717) is 29.8 Å². The van der Waals surface area contributed by atoms with Crippen LogP contribution < -0.4 is 0 Å². The van der Waals surface area contributed by atoms with Crippen LogP contribution in [0.25, 0.3) is 5.57 Å². The Hall–Kier alpha value is -3.52. The Kier molecular flexibility index (Phi) is 6.13. The van der Waals surface area contributed by atoms with Gasteiger partial charge in [-0.1, -0.05) is 42.5 Å². The predicted octanol–water partition coefficient (Wildman–Crippen LogP) is 4.52. The fraction of sp³-hybridized carbons (Fsp3) is 0.217. The van der Waals surface area contributed by atoms with Gasteiger partial charge in [-0.05, 0) is 36.6 Å². The zero-order valence-corrected chi connectivity index (χ0v) is 16.0. The van der Waals surface area contributed by atoms with Crippen LogP contribution in [0.5, 0.6) is 0 Å². The molecule has 0 spiro atoms. The van der Waals surface area contributed by atoms with Crippen LogP contribution in [0, 0.1) is 11.3 Å². The lowest BCUT2D eigenvalue weighted by Crippen LogP contribution is -2.11. The quantitative estimate of drug-likeness (QED) is 0.698. The lowest BCUT2D eigenvalue weighted by atomic mass is 10.0. The molecular weight excluding hydrogens is 352 g/mol. The molecule has 5 nitrogen and oxygen atoms in total. The molecule has 0 fully saturated rings. The summed E-state index contributed by atoms with van der Waals surface area (Å²) in [4.78, 5) is 12.4. The van der Waals surface area contributed by atoms with Gasteiger partial charge in [0.05, 0.1) is 12.2 Å². The zero-order valence-electron chi connectivity index (χ0n) is 16.0. The summed E-state index contributed by atoms with van der Waals surface area (Å²) >= 11 is 0.